The minimum absolute atomic E-state index is 0.232. The predicted molar refractivity (Wildman–Crippen MR) is 102 cm³/mol. The van der Waals surface area contributed by atoms with Gasteiger partial charge in [0, 0.05) is 18.9 Å². The van der Waals surface area contributed by atoms with Crippen LogP contribution >= 0.6 is 28.1 Å². The SMILES string of the molecule is NC(=S)NN1C=CN(CCc2ccc3ccccc3c2)C(Br)=C1. The number of thiocarbonyl (C=S) groups is 1. The van der Waals surface area contributed by atoms with E-state index in [-0.39, 0.29) is 5.11 Å². The number of nitrogens with two attached hydrogens (primary N) is 1. The van der Waals surface area contributed by atoms with Crippen molar-refractivity contribution in [2.24, 2.45) is 5.73 Å². The Balaban J connectivity index is 1.64. The monoisotopic (exact) mass is 388 g/mol. The molecule has 0 fully saturated rings. The number of nitrogens with one attached hydrogen (secondary N) is 1. The zero-order chi connectivity index (χ0) is 16.2. The molecular weight excluding hydrogens is 372 g/mol. The van der Waals surface area contributed by atoms with Crippen LogP contribution in [0.3, 0.4) is 0 Å². The van der Waals surface area contributed by atoms with Crippen molar-refractivity contribution in [1.29, 1.82) is 0 Å². The van der Waals surface area contributed by atoms with Crippen LogP contribution in [-0.4, -0.2) is 21.6 Å². The number of fused-ring (bicyclic) bond motifs is 1. The first-order valence-corrected chi connectivity index (χ1v) is 8.46. The molecule has 0 aromatic heterocycles. The van der Waals surface area contributed by atoms with Crippen LogP contribution in [0.2, 0.25) is 0 Å². The van der Waals surface area contributed by atoms with E-state index in [0.29, 0.717) is 0 Å². The number of hydrogen-bond acceptors (Lipinski definition) is 3. The Morgan fingerprint density at radius 1 is 1.13 bits per heavy atom. The van der Waals surface area contributed by atoms with Crippen molar-refractivity contribution in [2.75, 3.05) is 6.54 Å². The molecule has 0 saturated carbocycles. The normalized spacial score (nSPS) is 14.0. The van der Waals surface area contributed by atoms with Crippen molar-refractivity contribution in [3.8, 4) is 0 Å². The lowest BCUT2D eigenvalue weighted by molar-refractivity contribution is 0.391. The molecule has 0 saturated heterocycles. The topological polar surface area (TPSA) is 44.5 Å². The molecule has 0 spiro atoms. The number of hydrogen-bond donors (Lipinski definition) is 2. The molecule has 2 aromatic carbocycles. The molecule has 6 heteroatoms. The highest BCUT2D eigenvalue weighted by Gasteiger charge is 2.11. The van der Waals surface area contributed by atoms with E-state index < -0.39 is 0 Å². The molecule has 1 aliphatic heterocycles. The number of nitrogens with zero attached hydrogens (tertiary/aromatic N) is 2. The fourth-order valence-electron chi connectivity index (χ4n) is 2.48. The van der Waals surface area contributed by atoms with E-state index in [1.165, 1.54) is 16.3 Å². The van der Waals surface area contributed by atoms with Crippen LogP contribution in [0.1, 0.15) is 5.56 Å². The number of benzene rings is 2. The van der Waals surface area contributed by atoms with E-state index in [1.54, 1.807) is 5.01 Å². The Morgan fingerprint density at radius 2 is 1.91 bits per heavy atom. The maximum Gasteiger partial charge on any atom is 0.183 e. The van der Waals surface area contributed by atoms with Gasteiger partial charge < -0.3 is 10.6 Å². The van der Waals surface area contributed by atoms with Gasteiger partial charge in [0.25, 0.3) is 0 Å². The van der Waals surface area contributed by atoms with Gasteiger partial charge in [0.05, 0.1) is 6.20 Å². The van der Waals surface area contributed by atoms with Crippen LogP contribution in [0.25, 0.3) is 10.8 Å². The molecule has 1 heterocycles. The maximum atomic E-state index is 5.47. The zero-order valence-electron chi connectivity index (χ0n) is 12.4. The largest absolute Gasteiger partial charge is 0.375 e. The Morgan fingerprint density at radius 3 is 2.65 bits per heavy atom. The van der Waals surface area contributed by atoms with E-state index in [9.17, 15) is 0 Å². The second-order valence-corrected chi connectivity index (χ2v) is 6.51. The van der Waals surface area contributed by atoms with Crippen LogP contribution in [0.4, 0.5) is 0 Å². The van der Waals surface area contributed by atoms with Gasteiger partial charge in [-0.3, -0.25) is 10.4 Å². The van der Waals surface area contributed by atoms with E-state index in [4.69, 9.17) is 18.0 Å². The minimum atomic E-state index is 0.232. The van der Waals surface area contributed by atoms with Crippen molar-refractivity contribution in [2.45, 2.75) is 6.42 Å². The molecule has 23 heavy (non-hydrogen) atoms. The average Bonchev–Trinajstić information content (AvgIpc) is 2.53. The van der Waals surface area contributed by atoms with Crippen LogP contribution < -0.4 is 11.2 Å². The summed E-state index contributed by atoms with van der Waals surface area (Å²) in [6.45, 7) is 0.882. The molecule has 0 bridgehead atoms. The number of halogens is 1. The van der Waals surface area contributed by atoms with E-state index in [1.807, 2.05) is 18.6 Å². The summed E-state index contributed by atoms with van der Waals surface area (Å²) in [5.41, 5.74) is 9.64. The van der Waals surface area contributed by atoms with E-state index in [0.717, 1.165) is 17.6 Å². The predicted octanol–water partition coefficient (Wildman–Crippen LogP) is 3.41. The third kappa shape index (κ3) is 4.03. The van der Waals surface area contributed by atoms with Gasteiger partial charge in [-0.15, -0.1) is 0 Å². The lowest BCUT2D eigenvalue weighted by atomic mass is 10.1. The van der Waals surface area contributed by atoms with Crippen LogP contribution in [0.5, 0.6) is 0 Å². The first kappa shape index (κ1) is 15.8. The van der Waals surface area contributed by atoms with Crippen molar-refractivity contribution < 1.29 is 0 Å². The van der Waals surface area contributed by atoms with Gasteiger partial charge in [-0.25, -0.2) is 0 Å². The van der Waals surface area contributed by atoms with Crippen LogP contribution in [-0.2, 0) is 6.42 Å². The molecule has 0 unspecified atom stereocenters. The fourth-order valence-corrected chi connectivity index (χ4v) is 3.10. The summed E-state index contributed by atoms with van der Waals surface area (Å²) in [6.07, 6.45) is 6.71. The van der Waals surface area contributed by atoms with Crippen molar-refractivity contribution in [1.82, 2.24) is 15.3 Å². The minimum Gasteiger partial charge on any atom is -0.375 e. The van der Waals surface area contributed by atoms with Gasteiger partial charge in [0.15, 0.2) is 5.11 Å². The van der Waals surface area contributed by atoms with Gasteiger partial charge in [0.1, 0.15) is 4.61 Å². The third-order valence-electron chi connectivity index (χ3n) is 3.62. The molecule has 118 valence electrons. The van der Waals surface area contributed by atoms with Gasteiger partial charge >= 0.3 is 0 Å². The highest BCUT2D eigenvalue weighted by atomic mass is 79.9. The Hall–Kier alpha value is -2.05. The van der Waals surface area contributed by atoms with E-state index >= 15 is 0 Å². The quantitative estimate of drug-likeness (QED) is 0.620. The molecule has 2 aromatic rings. The van der Waals surface area contributed by atoms with Crippen molar-refractivity contribution >= 4 is 44.0 Å². The molecular formula is C17H17BrN4S. The summed E-state index contributed by atoms with van der Waals surface area (Å²) in [5.74, 6) is 0. The Kier molecular flexibility index (Phi) is 4.83. The van der Waals surface area contributed by atoms with Gasteiger partial charge in [0.2, 0.25) is 0 Å². The molecule has 0 radical (unpaired) electrons. The van der Waals surface area contributed by atoms with Crippen molar-refractivity contribution in [3.05, 3.63) is 71.2 Å². The molecule has 0 amide bonds. The molecule has 4 nitrogen and oxygen atoms in total. The third-order valence-corrected chi connectivity index (χ3v) is 4.37. The zero-order valence-corrected chi connectivity index (χ0v) is 14.8. The second kappa shape index (κ2) is 7.02. The second-order valence-electron chi connectivity index (χ2n) is 5.26. The summed E-state index contributed by atoms with van der Waals surface area (Å²) in [7, 11) is 0. The lowest BCUT2D eigenvalue weighted by Crippen LogP contribution is -2.40. The number of rotatable bonds is 4. The molecule has 1 aliphatic rings. The van der Waals surface area contributed by atoms with Crippen LogP contribution in [0, 0.1) is 0 Å². The summed E-state index contributed by atoms with van der Waals surface area (Å²) in [6, 6.07) is 15.0. The number of hydrazine groups is 1. The van der Waals surface area contributed by atoms with Gasteiger partial charge in [-0.05, 0) is 50.9 Å². The van der Waals surface area contributed by atoms with E-state index in [2.05, 4.69) is 68.7 Å². The van der Waals surface area contributed by atoms with Crippen LogP contribution in [0.15, 0.2) is 65.7 Å². The Labute approximate surface area is 149 Å². The molecule has 3 N–H and O–H groups in total. The fraction of sp³-hybridized carbons (Fsp3) is 0.118. The lowest BCUT2D eigenvalue weighted by Gasteiger charge is -2.28. The Bertz CT molecular complexity index is 787. The molecule has 0 aliphatic carbocycles. The summed E-state index contributed by atoms with van der Waals surface area (Å²) >= 11 is 8.40. The molecule has 3 rings (SSSR count). The maximum absolute atomic E-state index is 5.47. The van der Waals surface area contributed by atoms with Gasteiger partial charge in [-0.1, -0.05) is 42.5 Å². The average molecular weight is 389 g/mol. The molecule has 0 atom stereocenters. The summed E-state index contributed by atoms with van der Waals surface area (Å²) < 4.78 is 0.949. The highest BCUT2D eigenvalue weighted by molar-refractivity contribution is 9.11. The first-order valence-electron chi connectivity index (χ1n) is 7.26. The smallest absolute Gasteiger partial charge is 0.183 e. The first-order chi connectivity index (χ1) is 11.1. The standard InChI is InChI=1S/C17H17BrN4S/c18-16-12-22(20-17(19)23)10-9-21(16)8-7-13-5-6-14-3-1-2-4-15(14)11-13/h1-6,9-12H,7-8H2,(H3,19,20,23). The summed E-state index contributed by atoms with van der Waals surface area (Å²) in [5, 5.41) is 4.50. The van der Waals surface area contributed by atoms with Crippen molar-refractivity contribution in [3.63, 3.8) is 0 Å². The highest BCUT2D eigenvalue weighted by Crippen LogP contribution is 2.20. The summed E-state index contributed by atoms with van der Waals surface area (Å²) in [4.78, 5) is 2.13. The van der Waals surface area contributed by atoms with Gasteiger partial charge in [-0.2, -0.15) is 0 Å².